The summed E-state index contributed by atoms with van der Waals surface area (Å²) in [6.07, 6.45) is 1.23. The summed E-state index contributed by atoms with van der Waals surface area (Å²) in [5.41, 5.74) is 3.09. The predicted molar refractivity (Wildman–Crippen MR) is 87.2 cm³/mol. The van der Waals surface area contributed by atoms with Gasteiger partial charge in [-0.15, -0.1) is 0 Å². The largest absolute Gasteiger partial charge is 0.502 e. The van der Waals surface area contributed by atoms with E-state index >= 15 is 0 Å². The first-order chi connectivity index (χ1) is 11.5. The number of benzene rings is 2. The predicted octanol–water partition coefficient (Wildman–Crippen LogP) is 2.14. The molecule has 0 heterocycles. The van der Waals surface area contributed by atoms with E-state index in [0.29, 0.717) is 11.3 Å². The number of nitrogens with one attached hydrogen (secondary N) is 1. The second-order valence-corrected chi connectivity index (χ2v) is 4.85. The quantitative estimate of drug-likeness (QED) is 0.479. The third-order valence-corrected chi connectivity index (χ3v) is 3.05. The molecule has 2 aromatic rings. The number of hydrogen-bond donors (Lipinski definition) is 2. The summed E-state index contributed by atoms with van der Waals surface area (Å²) in [5.74, 6) is -0.304. The minimum Gasteiger partial charge on any atom is -0.502 e. The Kier molecular flexibility index (Phi) is 5.45. The van der Waals surface area contributed by atoms with Gasteiger partial charge in [-0.3, -0.25) is 14.9 Å². The number of hydrogen-bond acceptors (Lipinski definition) is 6. The maximum absolute atomic E-state index is 11.6. The lowest BCUT2D eigenvalue weighted by molar-refractivity contribution is -0.385. The van der Waals surface area contributed by atoms with Crippen molar-refractivity contribution in [3.8, 4) is 11.5 Å². The number of rotatable bonds is 6. The van der Waals surface area contributed by atoms with Crippen LogP contribution in [-0.2, 0) is 4.79 Å². The zero-order valence-electron chi connectivity index (χ0n) is 12.8. The number of phenolic OH excluding ortho intramolecular Hbond substituents is 1. The van der Waals surface area contributed by atoms with Gasteiger partial charge < -0.3 is 9.84 Å². The van der Waals surface area contributed by atoms with Crippen LogP contribution in [0.25, 0.3) is 0 Å². The first-order valence-electron chi connectivity index (χ1n) is 6.95. The van der Waals surface area contributed by atoms with Gasteiger partial charge in [0.1, 0.15) is 5.75 Å². The van der Waals surface area contributed by atoms with E-state index in [-0.39, 0.29) is 6.61 Å². The van der Waals surface area contributed by atoms with E-state index in [1.165, 1.54) is 18.3 Å². The van der Waals surface area contributed by atoms with E-state index in [1.54, 1.807) is 12.1 Å². The van der Waals surface area contributed by atoms with Crippen LogP contribution in [0.2, 0.25) is 0 Å². The second-order valence-electron chi connectivity index (χ2n) is 4.85. The van der Waals surface area contributed by atoms with Crippen LogP contribution < -0.4 is 10.2 Å². The molecular weight excluding hydrogens is 314 g/mol. The number of nitro groups is 1. The zero-order chi connectivity index (χ0) is 17.5. The Bertz CT molecular complexity index is 789. The molecule has 0 aliphatic rings. The van der Waals surface area contributed by atoms with E-state index in [2.05, 4.69) is 10.5 Å². The molecule has 0 aliphatic heterocycles. The molecule has 0 aliphatic carbocycles. The number of aromatic hydroxyl groups is 1. The Labute approximate surface area is 137 Å². The number of aryl methyl sites for hydroxylation is 1. The number of nitrogens with zero attached hydrogens (tertiary/aromatic N) is 2. The first-order valence-corrected chi connectivity index (χ1v) is 6.95. The number of phenols is 1. The van der Waals surface area contributed by atoms with Crippen LogP contribution in [0.15, 0.2) is 47.6 Å². The van der Waals surface area contributed by atoms with Gasteiger partial charge in [0.15, 0.2) is 12.4 Å². The van der Waals surface area contributed by atoms with E-state index in [4.69, 9.17) is 4.74 Å². The van der Waals surface area contributed by atoms with Gasteiger partial charge >= 0.3 is 5.69 Å². The van der Waals surface area contributed by atoms with Gasteiger partial charge in [-0.2, -0.15) is 5.10 Å². The summed E-state index contributed by atoms with van der Waals surface area (Å²) < 4.78 is 5.36. The minimum absolute atomic E-state index is 0.210. The molecule has 24 heavy (non-hydrogen) atoms. The topological polar surface area (TPSA) is 114 Å². The standard InChI is InChI=1S/C16H15N3O5/c1-11-4-2-3-5-15(11)24-10-16(21)18-17-9-12-6-7-14(20)13(8-12)19(22)23/h2-9,20H,10H2,1H3,(H,18,21). The van der Waals surface area contributed by atoms with Crippen LogP contribution in [0.3, 0.4) is 0 Å². The molecule has 2 aromatic carbocycles. The number of hydrazone groups is 1. The van der Waals surface area contributed by atoms with Gasteiger partial charge in [0.05, 0.1) is 11.1 Å². The smallest absolute Gasteiger partial charge is 0.311 e. The molecule has 0 fully saturated rings. The maximum atomic E-state index is 11.6. The van der Waals surface area contributed by atoms with Gasteiger partial charge in [-0.05, 0) is 30.7 Å². The van der Waals surface area contributed by atoms with Crippen LogP contribution in [0.5, 0.6) is 11.5 Å². The lowest BCUT2D eigenvalue weighted by atomic mass is 10.2. The number of para-hydroxylation sites is 1. The molecule has 0 spiro atoms. The highest BCUT2D eigenvalue weighted by atomic mass is 16.6. The highest BCUT2D eigenvalue weighted by molar-refractivity contribution is 5.84. The normalized spacial score (nSPS) is 10.5. The van der Waals surface area contributed by atoms with Crippen molar-refractivity contribution in [2.45, 2.75) is 6.92 Å². The van der Waals surface area contributed by atoms with Crippen molar-refractivity contribution in [1.82, 2.24) is 5.43 Å². The molecule has 8 heteroatoms. The van der Waals surface area contributed by atoms with Crippen LogP contribution in [0.4, 0.5) is 5.69 Å². The summed E-state index contributed by atoms with van der Waals surface area (Å²) in [6.45, 7) is 1.65. The van der Waals surface area contributed by atoms with Gasteiger partial charge in [-0.25, -0.2) is 5.43 Å². The monoisotopic (exact) mass is 329 g/mol. The lowest BCUT2D eigenvalue weighted by Crippen LogP contribution is -2.24. The number of ether oxygens (including phenoxy) is 1. The molecular formula is C16H15N3O5. The highest BCUT2D eigenvalue weighted by Crippen LogP contribution is 2.25. The molecule has 0 aromatic heterocycles. The van der Waals surface area contributed by atoms with Gasteiger partial charge in [0.25, 0.3) is 5.91 Å². The number of carbonyl (C=O) groups is 1. The summed E-state index contributed by atoms with van der Waals surface area (Å²) in [6, 6.07) is 11.0. The third kappa shape index (κ3) is 4.54. The average Bonchev–Trinajstić information content (AvgIpc) is 2.55. The SMILES string of the molecule is Cc1ccccc1OCC(=O)NN=Cc1ccc(O)c([N+](=O)[O-])c1. The molecule has 8 nitrogen and oxygen atoms in total. The fourth-order valence-electron chi connectivity index (χ4n) is 1.84. The number of amides is 1. The van der Waals surface area contributed by atoms with Crippen molar-refractivity contribution < 1.29 is 19.6 Å². The molecule has 0 atom stereocenters. The Hall–Kier alpha value is -3.42. The Balaban J connectivity index is 1.90. The Morgan fingerprint density at radius 2 is 2.12 bits per heavy atom. The van der Waals surface area contributed by atoms with Crippen molar-refractivity contribution >= 4 is 17.8 Å². The molecule has 0 saturated heterocycles. The third-order valence-electron chi connectivity index (χ3n) is 3.05. The van der Waals surface area contributed by atoms with Gasteiger partial charge in [0.2, 0.25) is 0 Å². The molecule has 0 bridgehead atoms. The van der Waals surface area contributed by atoms with E-state index < -0.39 is 22.3 Å². The van der Waals surface area contributed by atoms with Crippen molar-refractivity contribution in [3.63, 3.8) is 0 Å². The minimum atomic E-state index is -0.707. The summed E-state index contributed by atoms with van der Waals surface area (Å²) in [5, 5.41) is 23.8. The number of nitro benzene ring substituents is 1. The molecule has 0 radical (unpaired) electrons. The molecule has 2 N–H and O–H groups in total. The summed E-state index contributed by atoms with van der Waals surface area (Å²) in [4.78, 5) is 21.7. The fourth-order valence-corrected chi connectivity index (χ4v) is 1.84. The van der Waals surface area contributed by atoms with Gasteiger partial charge in [-0.1, -0.05) is 18.2 Å². The molecule has 2 rings (SSSR count). The first kappa shape index (κ1) is 16.9. The lowest BCUT2D eigenvalue weighted by Gasteiger charge is -2.07. The van der Waals surface area contributed by atoms with Crippen LogP contribution in [0.1, 0.15) is 11.1 Å². The molecule has 0 unspecified atom stereocenters. The van der Waals surface area contributed by atoms with E-state index in [9.17, 15) is 20.0 Å². The molecule has 1 amide bonds. The van der Waals surface area contributed by atoms with Crippen molar-refractivity contribution in [2.24, 2.45) is 5.10 Å². The van der Waals surface area contributed by atoms with Crippen LogP contribution in [0, 0.1) is 17.0 Å². The summed E-state index contributed by atoms with van der Waals surface area (Å²) in [7, 11) is 0. The summed E-state index contributed by atoms with van der Waals surface area (Å²) >= 11 is 0. The van der Waals surface area contributed by atoms with E-state index in [0.717, 1.165) is 11.6 Å². The Morgan fingerprint density at radius 1 is 1.38 bits per heavy atom. The van der Waals surface area contributed by atoms with Gasteiger partial charge in [0, 0.05) is 11.6 Å². The Morgan fingerprint density at radius 3 is 2.83 bits per heavy atom. The van der Waals surface area contributed by atoms with Crippen LogP contribution >= 0.6 is 0 Å². The second kappa shape index (κ2) is 7.73. The van der Waals surface area contributed by atoms with Crippen molar-refractivity contribution in [2.75, 3.05) is 6.61 Å². The van der Waals surface area contributed by atoms with Crippen molar-refractivity contribution in [1.29, 1.82) is 0 Å². The fraction of sp³-hybridized carbons (Fsp3) is 0.125. The average molecular weight is 329 g/mol. The number of carbonyl (C=O) groups excluding carboxylic acids is 1. The van der Waals surface area contributed by atoms with Crippen LogP contribution in [-0.4, -0.2) is 28.8 Å². The van der Waals surface area contributed by atoms with Crippen molar-refractivity contribution in [3.05, 3.63) is 63.7 Å². The van der Waals surface area contributed by atoms with E-state index in [1.807, 2.05) is 19.1 Å². The maximum Gasteiger partial charge on any atom is 0.311 e. The highest BCUT2D eigenvalue weighted by Gasteiger charge is 2.12. The zero-order valence-corrected chi connectivity index (χ0v) is 12.8. The molecule has 124 valence electrons. The molecule has 0 saturated carbocycles.